The summed E-state index contributed by atoms with van der Waals surface area (Å²) in [6.45, 7) is 4.37. The lowest BCUT2D eigenvalue weighted by atomic mass is 9.88. The Balaban J connectivity index is 1.70. The number of nitrogens with one attached hydrogen (secondary N) is 2. The maximum Gasteiger partial charge on any atom is 0.247 e. The number of carbonyl (C=O) groups excluding carboxylic acids is 3. The van der Waals surface area contributed by atoms with Crippen LogP contribution in [0, 0.1) is 17.7 Å². The molecule has 1 aromatic rings. The van der Waals surface area contributed by atoms with Gasteiger partial charge >= 0.3 is 0 Å². The van der Waals surface area contributed by atoms with Crippen LogP contribution in [0.3, 0.4) is 0 Å². The van der Waals surface area contributed by atoms with Crippen LogP contribution in [0.1, 0.15) is 58.8 Å². The summed E-state index contributed by atoms with van der Waals surface area (Å²) in [6.07, 6.45) is 6.03. The summed E-state index contributed by atoms with van der Waals surface area (Å²) in [6, 6.07) is 3.57. The van der Waals surface area contributed by atoms with E-state index in [2.05, 4.69) is 10.6 Å². The van der Waals surface area contributed by atoms with Crippen molar-refractivity contribution in [3.8, 4) is 0 Å². The van der Waals surface area contributed by atoms with Gasteiger partial charge in [0.15, 0.2) is 0 Å². The molecule has 29 heavy (non-hydrogen) atoms. The van der Waals surface area contributed by atoms with E-state index >= 15 is 0 Å². The van der Waals surface area contributed by atoms with Gasteiger partial charge in [0.05, 0.1) is 5.69 Å². The van der Waals surface area contributed by atoms with Crippen molar-refractivity contribution in [1.29, 1.82) is 0 Å². The molecule has 1 heterocycles. The molecule has 3 amide bonds. The molecule has 1 aliphatic carbocycles. The molecule has 1 unspecified atom stereocenters. The topological polar surface area (TPSA) is 78.5 Å². The molecule has 1 aliphatic heterocycles. The third-order valence-electron chi connectivity index (χ3n) is 5.81. The zero-order valence-electron chi connectivity index (χ0n) is 17.2. The van der Waals surface area contributed by atoms with Crippen molar-refractivity contribution < 1.29 is 18.8 Å². The Bertz CT molecular complexity index is 775. The summed E-state index contributed by atoms with van der Waals surface area (Å²) in [5, 5.41) is 5.47. The molecule has 0 aromatic heterocycles. The summed E-state index contributed by atoms with van der Waals surface area (Å²) in [5.74, 6) is -1.17. The maximum atomic E-state index is 14.2. The van der Waals surface area contributed by atoms with Crippen LogP contribution in [0.4, 0.5) is 15.8 Å². The molecule has 0 radical (unpaired) electrons. The van der Waals surface area contributed by atoms with E-state index in [1.165, 1.54) is 18.2 Å². The third-order valence-corrected chi connectivity index (χ3v) is 5.81. The van der Waals surface area contributed by atoms with Gasteiger partial charge in [0.1, 0.15) is 11.9 Å². The number of carbonyl (C=O) groups is 3. The molecule has 7 heteroatoms. The number of benzene rings is 1. The molecule has 1 atom stereocenters. The van der Waals surface area contributed by atoms with Gasteiger partial charge in [-0.05, 0) is 43.4 Å². The normalized spacial score (nSPS) is 18.8. The zero-order valence-corrected chi connectivity index (χ0v) is 17.2. The highest BCUT2D eigenvalue weighted by atomic mass is 19.1. The van der Waals surface area contributed by atoms with Crippen molar-refractivity contribution in [1.82, 2.24) is 4.90 Å². The first kappa shape index (κ1) is 21.3. The van der Waals surface area contributed by atoms with E-state index < -0.39 is 11.9 Å². The summed E-state index contributed by atoms with van der Waals surface area (Å²) >= 11 is 0. The van der Waals surface area contributed by atoms with Gasteiger partial charge in [0, 0.05) is 24.6 Å². The molecule has 3 rings (SSSR count). The molecule has 1 aromatic carbocycles. The average Bonchev–Trinajstić information content (AvgIpc) is 3.10. The van der Waals surface area contributed by atoms with Crippen LogP contribution in [0.25, 0.3) is 0 Å². The molecule has 2 aliphatic rings. The van der Waals surface area contributed by atoms with Crippen molar-refractivity contribution in [3.05, 3.63) is 24.0 Å². The Morgan fingerprint density at radius 3 is 2.45 bits per heavy atom. The first-order valence-electron chi connectivity index (χ1n) is 10.6. The molecule has 0 spiro atoms. The van der Waals surface area contributed by atoms with E-state index in [1.807, 2.05) is 13.8 Å². The second-order valence-corrected chi connectivity index (χ2v) is 8.39. The van der Waals surface area contributed by atoms with Crippen molar-refractivity contribution in [2.24, 2.45) is 11.8 Å². The Kier molecular flexibility index (Phi) is 6.87. The van der Waals surface area contributed by atoms with Crippen molar-refractivity contribution >= 4 is 29.1 Å². The number of likely N-dealkylation sites (tertiary alicyclic amines) is 1. The molecule has 1 saturated heterocycles. The van der Waals surface area contributed by atoms with Crippen LogP contribution < -0.4 is 10.6 Å². The van der Waals surface area contributed by atoms with Gasteiger partial charge < -0.3 is 15.5 Å². The van der Waals surface area contributed by atoms with E-state index in [4.69, 9.17) is 0 Å². The molecular weight excluding hydrogens is 373 g/mol. The fourth-order valence-electron chi connectivity index (χ4n) is 4.28. The minimum absolute atomic E-state index is 0.0154. The van der Waals surface area contributed by atoms with E-state index in [0.29, 0.717) is 18.7 Å². The van der Waals surface area contributed by atoms with Gasteiger partial charge in [0.25, 0.3) is 0 Å². The highest BCUT2D eigenvalue weighted by molar-refractivity contribution is 5.99. The second-order valence-electron chi connectivity index (χ2n) is 8.39. The average molecular weight is 403 g/mol. The SMILES string of the molecule is CC(C)C(C(=O)Nc1ccc(F)c(NC(=O)C2CCCCC2)c1)N1CCCC1=O. The third kappa shape index (κ3) is 5.14. The fraction of sp³-hybridized carbons (Fsp3) is 0.591. The van der Waals surface area contributed by atoms with Crippen LogP contribution in [0.5, 0.6) is 0 Å². The quantitative estimate of drug-likeness (QED) is 0.755. The van der Waals surface area contributed by atoms with Gasteiger partial charge in [-0.1, -0.05) is 33.1 Å². The van der Waals surface area contributed by atoms with Crippen LogP contribution in [0.2, 0.25) is 0 Å². The summed E-state index contributed by atoms with van der Waals surface area (Å²) in [4.78, 5) is 39.0. The number of rotatable bonds is 6. The molecule has 6 nitrogen and oxygen atoms in total. The number of amides is 3. The lowest BCUT2D eigenvalue weighted by molar-refractivity contribution is -0.136. The van der Waals surface area contributed by atoms with Gasteiger partial charge in [-0.3, -0.25) is 14.4 Å². The monoisotopic (exact) mass is 403 g/mol. The molecule has 2 N–H and O–H groups in total. The van der Waals surface area contributed by atoms with Crippen LogP contribution >= 0.6 is 0 Å². The molecular formula is C22H30FN3O3. The fourth-order valence-corrected chi connectivity index (χ4v) is 4.28. The van der Waals surface area contributed by atoms with E-state index in [-0.39, 0.29) is 35.2 Å². The Labute approximate surface area is 171 Å². The summed E-state index contributed by atoms with van der Waals surface area (Å²) < 4.78 is 14.2. The van der Waals surface area contributed by atoms with Crippen LogP contribution in [-0.2, 0) is 14.4 Å². The first-order valence-corrected chi connectivity index (χ1v) is 10.6. The molecule has 2 fully saturated rings. The lowest BCUT2D eigenvalue weighted by Crippen LogP contribution is -2.47. The first-order chi connectivity index (χ1) is 13.9. The molecule has 1 saturated carbocycles. The van der Waals surface area contributed by atoms with Gasteiger partial charge in [-0.15, -0.1) is 0 Å². The van der Waals surface area contributed by atoms with Crippen LogP contribution in [-0.4, -0.2) is 35.2 Å². The minimum Gasteiger partial charge on any atom is -0.330 e. The number of halogens is 1. The second kappa shape index (κ2) is 9.37. The van der Waals surface area contributed by atoms with Gasteiger partial charge in [0.2, 0.25) is 17.7 Å². The Morgan fingerprint density at radius 2 is 1.83 bits per heavy atom. The summed E-state index contributed by atoms with van der Waals surface area (Å²) in [5.41, 5.74) is 0.462. The number of nitrogens with zero attached hydrogens (tertiary/aromatic N) is 1. The highest BCUT2D eigenvalue weighted by Gasteiger charge is 2.35. The maximum absolute atomic E-state index is 14.2. The smallest absolute Gasteiger partial charge is 0.247 e. The zero-order chi connectivity index (χ0) is 21.0. The number of hydrogen-bond acceptors (Lipinski definition) is 3. The minimum atomic E-state index is -0.574. The Morgan fingerprint density at radius 1 is 1.10 bits per heavy atom. The molecule has 0 bridgehead atoms. The standard InChI is InChI=1S/C22H30FN3O3/c1-14(2)20(26-12-6-9-19(26)27)22(29)24-16-10-11-17(23)18(13-16)25-21(28)15-7-4-3-5-8-15/h10-11,13-15,20H,3-9,12H2,1-2H3,(H,24,29)(H,25,28). The van der Waals surface area contributed by atoms with Crippen molar-refractivity contribution in [2.75, 3.05) is 17.2 Å². The largest absolute Gasteiger partial charge is 0.330 e. The van der Waals surface area contributed by atoms with Crippen molar-refractivity contribution in [3.63, 3.8) is 0 Å². The van der Waals surface area contributed by atoms with Crippen LogP contribution in [0.15, 0.2) is 18.2 Å². The van der Waals surface area contributed by atoms with Gasteiger partial charge in [-0.25, -0.2) is 4.39 Å². The summed E-state index contributed by atoms with van der Waals surface area (Å²) in [7, 11) is 0. The molecule has 158 valence electrons. The van der Waals surface area contributed by atoms with E-state index in [9.17, 15) is 18.8 Å². The Hall–Kier alpha value is -2.44. The predicted molar refractivity (Wildman–Crippen MR) is 110 cm³/mol. The van der Waals surface area contributed by atoms with Crippen molar-refractivity contribution in [2.45, 2.75) is 64.8 Å². The van der Waals surface area contributed by atoms with E-state index in [1.54, 1.807) is 4.90 Å². The number of hydrogen-bond donors (Lipinski definition) is 2. The van der Waals surface area contributed by atoms with Gasteiger partial charge in [-0.2, -0.15) is 0 Å². The lowest BCUT2D eigenvalue weighted by Gasteiger charge is -2.30. The van der Waals surface area contributed by atoms with E-state index in [0.717, 1.165) is 38.5 Å². The number of anilines is 2. The highest BCUT2D eigenvalue weighted by Crippen LogP contribution is 2.27. The predicted octanol–water partition coefficient (Wildman–Crippen LogP) is 3.93.